The molecule has 0 amide bonds. The van der Waals surface area contributed by atoms with Crippen molar-refractivity contribution >= 4 is 0 Å². The van der Waals surface area contributed by atoms with Gasteiger partial charge in [0, 0.05) is 0 Å². The lowest BCUT2D eigenvalue weighted by Gasteiger charge is -2.32. The van der Waals surface area contributed by atoms with Crippen molar-refractivity contribution in [2.24, 2.45) is 11.1 Å². The smallest absolute Gasteiger partial charge is 0.127 e. The maximum atomic E-state index is 10.3. The topological polar surface area (TPSA) is 64.7 Å². The van der Waals surface area contributed by atoms with Gasteiger partial charge in [-0.15, -0.1) is 0 Å². The molecule has 2 atom stereocenters. The van der Waals surface area contributed by atoms with Crippen LogP contribution in [-0.2, 0) is 0 Å². The molecular weight excluding hydrogens is 230 g/mol. The third-order valence-electron chi connectivity index (χ3n) is 3.03. The largest absolute Gasteiger partial charge is 0.496 e. The minimum atomic E-state index is -0.692. The summed E-state index contributed by atoms with van der Waals surface area (Å²) in [4.78, 5) is 0. The van der Waals surface area contributed by atoms with Gasteiger partial charge in [-0.05, 0) is 17.5 Å². The first-order valence-corrected chi connectivity index (χ1v) is 5.97. The van der Waals surface area contributed by atoms with Crippen LogP contribution >= 0.6 is 0 Å². The average molecular weight is 253 g/mol. The van der Waals surface area contributed by atoms with Gasteiger partial charge in [0.15, 0.2) is 0 Å². The lowest BCUT2D eigenvalue weighted by atomic mass is 9.82. The molecule has 18 heavy (non-hydrogen) atoms. The summed E-state index contributed by atoms with van der Waals surface area (Å²) >= 11 is 0. The van der Waals surface area contributed by atoms with Crippen LogP contribution in [0.4, 0.5) is 0 Å². The van der Waals surface area contributed by atoms with Crippen molar-refractivity contribution in [2.45, 2.75) is 32.9 Å². The molecule has 0 aliphatic rings. The van der Waals surface area contributed by atoms with E-state index < -0.39 is 12.1 Å². The van der Waals surface area contributed by atoms with Gasteiger partial charge in [-0.25, -0.2) is 0 Å². The monoisotopic (exact) mass is 253 g/mol. The summed E-state index contributed by atoms with van der Waals surface area (Å²) in [6.45, 7) is 5.83. The Hall–Kier alpha value is -1.26. The summed E-state index contributed by atoms with van der Waals surface area (Å²) < 4.78 is 10.6. The molecule has 0 fully saturated rings. The molecule has 3 N–H and O–H groups in total. The molecule has 4 heteroatoms. The number of rotatable bonds is 4. The predicted octanol–water partition coefficient (Wildman–Crippen LogP) is 2.11. The lowest BCUT2D eigenvalue weighted by molar-refractivity contribution is 0.0388. The molecule has 0 aliphatic heterocycles. The van der Waals surface area contributed by atoms with Crippen LogP contribution in [0.15, 0.2) is 18.2 Å². The van der Waals surface area contributed by atoms with E-state index >= 15 is 0 Å². The van der Waals surface area contributed by atoms with Crippen LogP contribution in [0.5, 0.6) is 11.5 Å². The Morgan fingerprint density at radius 3 is 1.89 bits per heavy atom. The van der Waals surface area contributed by atoms with E-state index in [1.807, 2.05) is 39.0 Å². The molecule has 0 saturated carbocycles. The molecule has 0 aliphatic carbocycles. The molecule has 0 saturated heterocycles. The first-order chi connectivity index (χ1) is 8.32. The summed E-state index contributed by atoms with van der Waals surface area (Å²) in [7, 11) is 3.16. The van der Waals surface area contributed by atoms with Gasteiger partial charge < -0.3 is 20.3 Å². The number of hydrogen-bond donors (Lipinski definition) is 2. The number of ether oxygens (including phenoxy) is 2. The first-order valence-electron chi connectivity index (χ1n) is 5.97. The maximum Gasteiger partial charge on any atom is 0.127 e. The molecule has 1 aromatic carbocycles. The third kappa shape index (κ3) is 2.94. The minimum Gasteiger partial charge on any atom is -0.496 e. The van der Waals surface area contributed by atoms with Gasteiger partial charge in [-0.2, -0.15) is 0 Å². The van der Waals surface area contributed by atoms with Crippen LogP contribution in [0.25, 0.3) is 0 Å². The van der Waals surface area contributed by atoms with E-state index in [1.165, 1.54) is 0 Å². The Balaban J connectivity index is 3.22. The van der Waals surface area contributed by atoms with Crippen molar-refractivity contribution in [2.75, 3.05) is 14.2 Å². The number of hydrogen-bond acceptors (Lipinski definition) is 4. The first kappa shape index (κ1) is 14.8. The van der Waals surface area contributed by atoms with E-state index in [9.17, 15) is 5.11 Å². The quantitative estimate of drug-likeness (QED) is 0.862. The van der Waals surface area contributed by atoms with Gasteiger partial charge in [0.1, 0.15) is 11.5 Å². The fraction of sp³-hybridized carbons (Fsp3) is 0.571. The number of methoxy groups -OCH3 is 2. The standard InChI is InChI=1S/C14H23NO3/c1-14(2,3)13(16)12(15)11-9(17-4)7-6-8-10(11)18-5/h6-8,12-13,16H,15H2,1-5H3/t12-,13-/m0/s1. The highest BCUT2D eigenvalue weighted by Gasteiger charge is 2.32. The lowest BCUT2D eigenvalue weighted by Crippen LogP contribution is -2.37. The van der Waals surface area contributed by atoms with Crippen LogP contribution in [0.2, 0.25) is 0 Å². The highest BCUT2D eigenvalue weighted by atomic mass is 16.5. The van der Waals surface area contributed by atoms with Crippen molar-refractivity contribution in [3.63, 3.8) is 0 Å². The van der Waals surface area contributed by atoms with Gasteiger partial charge in [-0.1, -0.05) is 26.8 Å². The average Bonchev–Trinajstić information content (AvgIpc) is 2.34. The van der Waals surface area contributed by atoms with Gasteiger partial charge in [0.05, 0.1) is 31.9 Å². The van der Waals surface area contributed by atoms with Crippen LogP contribution in [0, 0.1) is 5.41 Å². The second-order valence-electron chi connectivity index (χ2n) is 5.41. The molecule has 1 rings (SSSR count). The number of nitrogens with two attached hydrogens (primary N) is 1. The van der Waals surface area contributed by atoms with Crippen LogP contribution in [0.3, 0.4) is 0 Å². The van der Waals surface area contributed by atoms with Crippen LogP contribution < -0.4 is 15.2 Å². The van der Waals surface area contributed by atoms with Crippen molar-refractivity contribution in [3.05, 3.63) is 23.8 Å². The van der Waals surface area contributed by atoms with E-state index in [-0.39, 0.29) is 5.41 Å². The number of aliphatic hydroxyl groups excluding tert-OH is 1. The van der Waals surface area contributed by atoms with Crippen molar-refractivity contribution < 1.29 is 14.6 Å². The number of benzene rings is 1. The highest BCUT2D eigenvalue weighted by molar-refractivity contribution is 5.47. The molecule has 1 aromatic rings. The van der Waals surface area contributed by atoms with E-state index in [1.54, 1.807) is 14.2 Å². The third-order valence-corrected chi connectivity index (χ3v) is 3.03. The minimum absolute atomic E-state index is 0.314. The van der Waals surface area contributed by atoms with Gasteiger partial charge in [-0.3, -0.25) is 0 Å². The Bertz CT molecular complexity index is 376. The van der Waals surface area contributed by atoms with E-state index in [2.05, 4.69) is 0 Å². The molecule has 102 valence electrons. The normalized spacial score (nSPS) is 15.1. The van der Waals surface area contributed by atoms with Crippen molar-refractivity contribution in [1.29, 1.82) is 0 Å². The second-order valence-corrected chi connectivity index (χ2v) is 5.41. The van der Waals surface area contributed by atoms with E-state index in [0.29, 0.717) is 17.1 Å². The fourth-order valence-electron chi connectivity index (χ4n) is 1.90. The summed E-state index contributed by atoms with van der Waals surface area (Å²) in [5.74, 6) is 1.26. The van der Waals surface area contributed by atoms with E-state index in [4.69, 9.17) is 15.2 Å². The summed E-state index contributed by atoms with van der Waals surface area (Å²) in [6, 6.07) is 4.90. The number of aliphatic hydroxyl groups is 1. The zero-order valence-corrected chi connectivity index (χ0v) is 11.7. The Morgan fingerprint density at radius 1 is 1.11 bits per heavy atom. The van der Waals surface area contributed by atoms with Crippen LogP contribution in [-0.4, -0.2) is 25.4 Å². The van der Waals surface area contributed by atoms with E-state index in [0.717, 1.165) is 0 Å². The highest BCUT2D eigenvalue weighted by Crippen LogP contribution is 2.38. The summed E-state index contributed by atoms with van der Waals surface area (Å²) in [5.41, 5.74) is 6.55. The maximum absolute atomic E-state index is 10.3. The van der Waals surface area contributed by atoms with Gasteiger partial charge in [0.25, 0.3) is 0 Å². The molecular formula is C14H23NO3. The summed E-state index contributed by atoms with van der Waals surface area (Å²) in [6.07, 6.45) is -0.692. The zero-order chi connectivity index (χ0) is 13.9. The predicted molar refractivity (Wildman–Crippen MR) is 71.9 cm³/mol. The van der Waals surface area contributed by atoms with Crippen LogP contribution in [0.1, 0.15) is 32.4 Å². The molecule has 0 heterocycles. The molecule has 4 nitrogen and oxygen atoms in total. The Labute approximate surface area is 109 Å². The SMILES string of the molecule is COc1cccc(OC)c1[C@H](N)[C@H](O)C(C)(C)C. The Kier molecular flexibility index (Phi) is 4.59. The van der Waals surface area contributed by atoms with Gasteiger partial charge >= 0.3 is 0 Å². The molecule has 0 radical (unpaired) electrons. The second kappa shape index (κ2) is 5.59. The fourth-order valence-corrected chi connectivity index (χ4v) is 1.90. The van der Waals surface area contributed by atoms with Crippen molar-refractivity contribution in [1.82, 2.24) is 0 Å². The Morgan fingerprint density at radius 2 is 1.56 bits per heavy atom. The van der Waals surface area contributed by atoms with Gasteiger partial charge in [0.2, 0.25) is 0 Å². The molecule has 0 unspecified atom stereocenters. The molecule has 0 aromatic heterocycles. The zero-order valence-electron chi connectivity index (χ0n) is 11.7. The summed E-state index contributed by atoms with van der Waals surface area (Å²) in [5, 5.41) is 10.3. The van der Waals surface area contributed by atoms with Crippen molar-refractivity contribution in [3.8, 4) is 11.5 Å². The molecule has 0 spiro atoms. The molecule has 0 bridgehead atoms.